The topological polar surface area (TPSA) is 82.5 Å². The molecular weight excluding hydrogens is 351 g/mol. The lowest BCUT2D eigenvalue weighted by atomic mass is 10.2. The van der Waals surface area contributed by atoms with E-state index in [-0.39, 0.29) is 12.4 Å². The Morgan fingerprint density at radius 2 is 2.09 bits per heavy atom. The van der Waals surface area contributed by atoms with Gasteiger partial charge >= 0.3 is 5.97 Å². The minimum absolute atomic E-state index is 0.0373. The standard InChI is InChI=1S/C13H11Cl3N4O2/c1-7-11(16)5-20(18-7)6-12(21)22-19-13(17)9-3-2-8(14)4-10(9)15/h2-5H,6H2,1H3,(H2,17,19). The number of rotatable bonds is 4. The van der Waals surface area contributed by atoms with Gasteiger partial charge in [-0.1, -0.05) is 40.0 Å². The Morgan fingerprint density at radius 3 is 2.68 bits per heavy atom. The Labute approximate surface area is 141 Å². The van der Waals surface area contributed by atoms with Gasteiger partial charge in [0.2, 0.25) is 0 Å². The predicted octanol–water partition coefficient (Wildman–Crippen LogP) is 3.02. The number of aromatic nitrogens is 2. The van der Waals surface area contributed by atoms with E-state index in [4.69, 9.17) is 45.4 Å². The van der Waals surface area contributed by atoms with Crippen molar-refractivity contribution in [2.45, 2.75) is 13.5 Å². The van der Waals surface area contributed by atoms with Crippen molar-refractivity contribution in [3.8, 4) is 0 Å². The molecule has 0 amide bonds. The van der Waals surface area contributed by atoms with Gasteiger partial charge in [-0.05, 0) is 25.1 Å². The summed E-state index contributed by atoms with van der Waals surface area (Å²) in [5.74, 6) is -0.683. The molecule has 0 atom stereocenters. The van der Waals surface area contributed by atoms with Gasteiger partial charge in [0, 0.05) is 16.8 Å². The van der Waals surface area contributed by atoms with E-state index in [9.17, 15) is 4.79 Å². The van der Waals surface area contributed by atoms with Crippen LogP contribution >= 0.6 is 34.8 Å². The molecule has 0 saturated heterocycles. The fraction of sp³-hybridized carbons (Fsp3) is 0.154. The van der Waals surface area contributed by atoms with Gasteiger partial charge in [-0.2, -0.15) is 5.10 Å². The molecule has 2 N–H and O–H groups in total. The van der Waals surface area contributed by atoms with E-state index in [2.05, 4.69) is 10.3 Å². The fourth-order valence-electron chi connectivity index (χ4n) is 1.58. The number of halogens is 3. The second-order valence-electron chi connectivity index (χ2n) is 4.32. The SMILES string of the molecule is Cc1nn(CC(=O)O/N=C(\N)c2ccc(Cl)cc2Cl)cc1Cl. The molecule has 22 heavy (non-hydrogen) atoms. The average Bonchev–Trinajstić information content (AvgIpc) is 2.74. The Bertz CT molecular complexity index is 723. The summed E-state index contributed by atoms with van der Waals surface area (Å²) >= 11 is 17.6. The van der Waals surface area contributed by atoms with Gasteiger partial charge in [0.15, 0.2) is 5.84 Å². The molecule has 2 aromatic rings. The maximum atomic E-state index is 11.7. The zero-order valence-corrected chi connectivity index (χ0v) is 13.7. The number of aryl methyl sites for hydroxylation is 1. The quantitative estimate of drug-likeness (QED) is 0.393. The van der Waals surface area contributed by atoms with E-state index < -0.39 is 5.97 Å². The molecule has 0 fully saturated rings. The molecule has 9 heteroatoms. The normalized spacial score (nSPS) is 11.5. The highest BCUT2D eigenvalue weighted by Crippen LogP contribution is 2.20. The molecule has 0 aliphatic heterocycles. The van der Waals surface area contributed by atoms with Crippen LogP contribution in [0.3, 0.4) is 0 Å². The van der Waals surface area contributed by atoms with E-state index >= 15 is 0 Å². The van der Waals surface area contributed by atoms with Crippen LogP contribution in [0.1, 0.15) is 11.3 Å². The lowest BCUT2D eigenvalue weighted by Gasteiger charge is -2.04. The van der Waals surface area contributed by atoms with Crippen LogP contribution in [-0.2, 0) is 16.2 Å². The van der Waals surface area contributed by atoms with Gasteiger partial charge in [-0.15, -0.1) is 0 Å². The van der Waals surface area contributed by atoms with Gasteiger partial charge in [-0.3, -0.25) is 4.68 Å². The van der Waals surface area contributed by atoms with Gasteiger partial charge in [0.05, 0.1) is 15.7 Å². The van der Waals surface area contributed by atoms with Crippen molar-refractivity contribution in [2.24, 2.45) is 10.9 Å². The second-order valence-corrected chi connectivity index (χ2v) is 5.57. The summed E-state index contributed by atoms with van der Waals surface area (Å²) in [5, 5.41) is 8.81. The van der Waals surface area contributed by atoms with Crippen LogP contribution in [-0.4, -0.2) is 21.6 Å². The minimum atomic E-state index is -0.646. The van der Waals surface area contributed by atoms with Gasteiger partial charge in [0.1, 0.15) is 6.54 Å². The van der Waals surface area contributed by atoms with Gasteiger partial charge in [0.25, 0.3) is 0 Å². The van der Waals surface area contributed by atoms with Gasteiger partial charge < -0.3 is 10.6 Å². The second kappa shape index (κ2) is 7.00. The molecule has 0 saturated carbocycles. The highest BCUT2D eigenvalue weighted by atomic mass is 35.5. The van der Waals surface area contributed by atoms with Crippen LogP contribution in [0.2, 0.25) is 15.1 Å². The first kappa shape index (κ1) is 16.6. The number of benzene rings is 1. The van der Waals surface area contributed by atoms with Gasteiger partial charge in [-0.25, -0.2) is 4.79 Å². The molecule has 1 aromatic carbocycles. The lowest BCUT2D eigenvalue weighted by Crippen LogP contribution is -2.17. The Kier molecular flexibility index (Phi) is 5.28. The third-order valence-electron chi connectivity index (χ3n) is 2.63. The first-order valence-electron chi connectivity index (χ1n) is 6.05. The van der Waals surface area contributed by atoms with Crippen molar-refractivity contribution in [1.82, 2.24) is 9.78 Å². The van der Waals surface area contributed by atoms with Crippen LogP contribution < -0.4 is 5.73 Å². The van der Waals surface area contributed by atoms with E-state index in [1.54, 1.807) is 19.1 Å². The number of amidine groups is 1. The maximum Gasteiger partial charge on any atom is 0.356 e. The Morgan fingerprint density at radius 1 is 1.36 bits per heavy atom. The molecule has 6 nitrogen and oxygen atoms in total. The summed E-state index contributed by atoms with van der Waals surface area (Å²) in [5.41, 5.74) is 6.75. The summed E-state index contributed by atoms with van der Waals surface area (Å²) in [6.45, 7) is 1.58. The first-order valence-corrected chi connectivity index (χ1v) is 7.18. The van der Waals surface area contributed by atoms with Crippen molar-refractivity contribution in [3.05, 3.63) is 50.7 Å². The number of carbonyl (C=O) groups excluding carboxylic acids is 1. The van der Waals surface area contributed by atoms with Crippen molar-refractivity contribution < 1.29 is 9.63 Å². The summed E-state index contributed by atoms with van der Waals surface area (Å²) < 4.78 is 1.35. The molecule has 0 spiro atoms. The fourth-order valence-corrected chi connectivity index (χ4v) is 2.24. The van der Waals surface area contributed by atoms with E-state index in [1.165, 1.54) is 16.9 Å². The number of nitrogens with zero attached hydrogens (tertiary/aromatic N) is 3. The van der Waals surface area contributed by atoms with Crippen LogP contribution in [0.15, 0.2) is 29.6 Å². The minimum Gasteiger partial charge on any atom is -0.380 e. The number of hydrogen-bond acceptors (Lipinski definition) is 4. The Hall–Kier alpha value is -1.76. The largest absolute Gasteiger partial charge is 0.380 e. The number of oxime groups is 1. The molecule has 2 rings (SSSR count). The summed E-state index contributed by atoms with van der Waals surface area (Å²) in [6, 6.07) is 4.69. The van der Waals surface area contributed by atoms with E-state index in [0.717, 1.165) is 0 Å². The van der Waals surface area contributed by atoms with Crippen molar-refractivity contribution in [1.29, 1.82) is 0 Å². The molecule has 0 bridgehead atoms. The number of nitrogens with two attached hydrogens (primary N) is 1. The van der Waals surface area contributed by atoms with Crippen molar-refractivity contribution in [3.63, 3.8) is 0 Å². The monoisotopic (exact) mass is 360 g/mol. The van der Waals surface area contributed by atoms with Crippen molar-refractivity contribution in [2.75, 3.05) is 0 Å². The van der Waals surface area contributed by atoms with Crippen LogP contribution in [0.4, 0.5) is 0 Å². The van der Waals surface area contributed by atoms with Crippen LogP contribution in [0.5, 0.6) is 0 Å². The summed E-state index contributed by atoms with van der Waals surface area (Å²) in [4.78, 5) is 16.4. The highest BCUT2D eigenvalue weighted by molar-refractivity contribution is 6.36. The Balaban J connectivity index is 2.02. The summed E-state index contributed by atoms with van der Waals surface area (Å²) in [7, 11) is 0. The molecule has 0 aliphatic carbocycles. The number of carbonyl (C=O) groups is 1. The molecule has 116 valence electrons. The molecule has 1 aromatic heterocycles. The molecular formula is C13H11Cl3N4O2. The molecule has 0 aliphatic rings. The zero-order valence-electron chi connectivity index (χ0n) is 11.4. The lowest BCUT2D eigenvalue weighted by molar-refractivity contribution is -0.144. The first-order chi connectivity index (χ1) is 10.4. The maximum absolute atomic E-state index is 11.7. The third kappa shape index (κ3) is 4.13. The van der Waals surface area contributed by atoms with Crippen LogP contribution in [0.25, 0.3) is 0 Å². The van der Waals surface area contributed by atoms with E-state index in [1.807, 2.05) is 0 Å². The predicted molar refractivity (Wildman–Crippen MR) is 85.3 cm³/mol. The molecule has 0 unspecified atom stereocenters. The van der Waals surface area contributed by atoms with Crippen LogP contribution in [0, 0.1) is 6.92 Å². The van der Waals surface area contributed by atoms with E-state index in [0.29, 0.717) is 26.3 Å². The number of hydrogen-bond donors (Lipinski definition) is 1. The summed E-state index contributed by atoms with van der Waals surface area (Å²) in [6.07, 6.45) is 1.52. The molecule has 0 radical (unpaired) electrons. The highest BCUT2D eigenvalue weighted by Gasteiger charge is 2.10. The zero-order chi connectivity index (χ0) is 16.3. The smallest absolute Gasteiger partial charge is 0.356 e. The molecule has 1 heterocycles. The third-order valence-corrected chi connectivity index (χ3v) is 3.55. The average molecular weight is 362 g/mol. The van der Waals surface area contributed by atoms with Crippen molar-refractivity contribution >= 4 is 46.6 Å².